The second kappa shape index (κ2) is 6.48. The van der Waals surface area contributed by atoms with E-state index in [1.165, 1.54) is 6.07 Å². The van der Waals surface area contributed by atoms with Gasteiger partial charge in [-0.15, -0.1) is 0 Å². The van der Waals surface area contributed by atoms with Crippen molar-refractivity contribution in [3.8, 4) is 11.6 Å². The zero-order valence-corrected chi connectivity index (χ0v) is 12.0. The zero-order chi connectivity index (χ0) is 14.5. The first-order chi connectivity index (χ1) is 9.54. The molecule has 1 aromatic carbocycles. The lowest BCUT2D eigenvalue weighted by atomic mass is 10.2. The van der Waals surface area contributed by atoms with Crippen LogP contribution in [0.2, 0.25) is 0 Å². The molecule has 1 N–H and O–H groups in total. The van der Waals surface area contributed by atoms with Gasteiger partial charge in [-0.1, -0.05) is 19.9 Å². The topological polar surface area (TPSA) is 34.1 Å². The molecule has 0 amide bonds. The molecular weight excluding hydrogens is 255 g/mol. The van der Waals surface area contributed by atoms with E-state index in [2.05, 4.69) is 24.1 Å². The van der Waals surface area contributed by atoms with Crippen molar-refractivity contribution in [3.63, 3.8) is 0 Å². The van der Waals surface area contributed by atoms with Crippen molar-refractivity contribution in [2.24, 2.45) is 0 Å². The summed E-state index contributed by atoms with van der Waals surface area (Å²) in [5.41, 5.74) is 1.65. The standard InChI is InChI=1S/C16H19FN2O/c1-11(2)18-9-13-4-7-16(19-10-13)20-14-5-6-15(17)12(3)8-14/h4-8,10-11,18H,9H2,1-3H3. The average Bonchev–Trinajstić information content (AvgIpc) is 2.42. The molecule has 0 spiro atoms. The summed E-state index contributed by atoms with van der Waals surface area (Å²) in [5.74, 6) is 0.856. The van der Waals surface area contributed by atoms with Gasteiger partial charge in [-0.05, 0) is 36.2 Å². The first kappa shape index (κ1) is 14.5. The van der Waals surface area contributed by atoms with Crippen molar-refractivity contribution in [2.75, 3.05) is 0 Å². The highest BCUT2D eigenvalue weighted by Crippen LogP contribution is 2.21. The zero-order valence-electron chi connectivity index (χ0n) is 12.0. The number of halogens is 1. The predicted octanol–water partition coefficient (Wildman–Crippen LogP) is 3.82. The molecule has 2 rings (SSSR count). The van der Waals surface area contributed by atoms with E-state index in [1.807, 2.05) is 12.1 Å². The van der Waals surface area contributed by atoms with E-state index in [0.29, 0.717) is 23.2 Å². The van der Waals surface area contributed by atoms with E-state index in [4.69, 9.17) is 4.74 Å². The summed E-state index contributed by atoms with van der Waals surface area (Å²) < 4.78 is 18.8. The molecule has 3 nitrogen and oxygen atoms in total. The third kappa shape index (κ3) is 4.03. The number of nitrogens with one attached hydrogen (secondary N) is 1. The Morgan fingerprint density at radius 3 is 2.65 bits per heavy atom. The minimum absolute atomic E-state index is 0.236. The fourth-order valence-corrected chi connectivity index (χ4v) is 1.70. The Balaban J connectivity index is 2.01. The van der Waals surface area contributed by atoms with Crippen LogP contribution in [0, 0.1) is 12.7 Å². The number of nitrogens with zero attached hydrogens (tertiary/aromatic N) is 1. The highest BCUT2D eigenvalue weighted by Gasteiger charge is 2.03. The summed E-state index contributed by atoms with van der Waals surface area (Å²) in [6.07, 6.45) is 1.78. The molecule has 2 aromatic rings. The van der Waals surface area contributed by atoms with Crippen LogP contribution >= 0.6 is 0 Å². The van der Waals surface area contributed by atoms with Crippen LogP contribution in [-0.2, 0) is 6.54 Å². The van der Waals surface area contributed by atoms with Gasteiger partial charge < -0.3 is 10.1 Å². The second-order valence-corrected chi connectivity index (χ2v) is 5.05. The lowest BCUT2D eigenvalue weighted by Gasteiger charge is -2.09. The van der Waals surface area contributed by atoms with Crippen LogP contribution in [0.5, 0.6) is 11.6 Å². The Morgan fingerprint density at radius 2 is 2.05 bits per heavy atom. The Morgan fingerprint density at radius 1 is 1.25 bits per heavy atom. The summed E-state index contributed by atoms with van der Waals surface area (Å²) in [5, 5.41) is 3.32. The number of hydrogen-bond acceptors (Lipinski definition) is 3. The quantitative estimate of drug-likeness (QED) is 0.900. The SMILES string of the molecule is Cc1cc(Oc2ccc(CNC(C)C)cn2)ccc1F. The van der Waals surface area contributed by atoms with Crippen LogP contribution in [0.25, 0.3) is 0 Å². The van der Waals surface area contributed by atoms with Gasteiger partial charge in [0.1, 0.15) is 11.6 Å². The molecule has 1 aromatic heterocycles. The molecule has 106 valence electrons. The van der Waals surface area contributed by atoms with Crippen molar-refractivity contribution in [1.82, 2.24) is 10.3 Å². The van der Waals surface area contributed by atoms with Crippen molar-refractivity contribution in [1.29, 1.82) is 0 Å². The Labute approximate surface area is 118 Å². The van der Waals surface area contributed by atoms with E-state index in [-0.39, 0.29) is 5.82 Å². The summed E-state index contributed by atoms with van der Waals surface area (Å²) in [6, 6.07) is 8.87. The Bertz CT molecular complexity index is 567. The highest BCUT2D eigenvalue weighted by atomic mass is 19.1. The maximum absolute atomic E-state index is 13.2. The number of aryl methyl sites for hydroxylation is 1. The van der Waals surface area contributed by atoms with Crippen molar-refractivity contribution in [3.05, 3.63) is 53.5 Å². The van der Waals surface area contributed by atoms with Gasteiger partial charge in [0.2, 0.25) is 5.88 Å². The Kier molecular flexibility index (Phi) is 4.69. The van der Waals surface area contributed by atoms with Gasteiger partial charge in [0.05, 0.1) is 0 Å². The maximum Gasteiger partial charge on any atom is 0.219 e. The number of rotatable bonds is 5. The molecule has 0 aliphatic heterocycles. The van der Waals surface area contributed by atoms with Gasteiger partial charge in [0, 0.05) is 24.8 Å². The third-order valence-electron chi connectivity index (χ3n) is 2.86. The third-order valence-corrected chi connectivity index (χ3v) is 2.86. The van der Waals surface area contributed by atoms with Gasteiger partial charge in [-0.3, -0.25) is 0 Å². The maximum atomic E-state index is 13.2. The summed E-state index contributed by atoms with van der Waals surface area (Å²) in [4.78, 5) is 4.25. The van der Waals surface area contributed by atoms with E-state index in [9.17, 15) is 4.39 Å². The fraction of sp³-hybridized carbons (Fsp3) is 0.312. The molecular formula is C16H19FN2O. The lowest BCUT2D eigenvalue weighted by Crippen LogP contribution is -2.21. The number of hydrogen-bond donors (Lipinski definition) is 1. The highest BCUT2D eigenvalue weighted by molar-refractivity contribution is 5.32. The van der Waals surface area contributed by atoms with Crippen LogP contribution in [0.3, 0.4) is 0 Å². The number of benzene rings is 1. The van der Waals surface area contributed by atoms with Crippen LogP contribution in [0.4, 0.5) is 4.39 Å². The average molecular weight is 274 g/mol. The van der Waals surface area contributed by atoms with Gasteiger partial charge >= 0.3 is 0 Å². The van der Waals surface area contributed by atoms with Crippen molar-refractivity contribution < 1.29 is 9.13 Å². The number of ether oxygens (including phenoxy) is 1. The number of aromatic nitrogens is 1. The first-order valence-electron chi connectivity index (χ1n) is 6.67. The monoisotopic (exact) mass is 274 g/mol. The van der Waals surface area contributed by atoms with E-state index < -0.39 is 0 Å². The first-order valence-corrected chi connectivity index (χ1v) is 6.67. The normalized spacial score (nSPS) is 10.8. The van der Waals surface area contributed by atoms with Gasteiger partial charge in [0.25, 0.3) is 0 Å². The summed E-state index contributed by atoms with van der Waals surface area (Å²) in [7, 11) is 0. The van der Waals surface area contributed by atoms with Crippen LogP contribution in [0.15, 0.2) is 36.5 Å². The second-order valence-electron chi connectivity index (χ2n) is 5.05. The summed E-state index contributed by atoms with van der Waals surface area (Å²) in [6.45, 7) is 6.68. The molecule has 0 fully saturated rings. The molecule has 1 heterocycles. The Hall–Kier alpha value is -1.94. The predicted molar refractivity (Wildman–Crippen MR) is 77.4 cm³/mol. The van der Waals surface area contributed by atoms with Crippen LogP contribution < -0.4 is 10.1 Å². The molecule has 0 saturated carbocycles. The fourth-order valence-electron chi connectivity index (χ4n) is 1.70. The molecule has 0 aliphatic carbocycles. The molecule has 0 bridgehead atoms. The van der Waals surface area contributed by atoms with Gasteiger partial charge in [-0.25, -0.2) is 9.37 Å². The van der Waals surface area contributed by atoms with Crippen LogP contribution in [0.1, 0.15) is 25.0 Å². The molecule has 0 saturated heterocycles. The number of pyridine rings is 1. The molecule has 4 heteroatoms. The minimum Gasteiger partial charge on any atom is -0.439 e. The summed E-state index contributed by atoms with van der Waals surface area (Å²) >= 11 is 0. The van der Waals surface area contributed by atoms with E-state index >= 15 is 0 Å². The largest absolute Gasteiger partial charge is 0.439 e. The van der Waals surface area contributed by atoms with E-state index in [1.54, 1.807) is 25.3 Å². The van der Waals surface area contributed by atoms with Gasteiger partial charge in [0.15, 0.2) is 0 Å². The van der Waals surface area contributed by atoms with Gasteiger partial charge in [-0.2, -0.15) is 0 Å². The van der Waals surface area contributed by atoms with Crippen molar-refractivity contribution in [2.45, 2.75) is 33.4 Å². The molecule has 0 unspecified atom stereocenters. The molecule has 0 radical (unpaired) electrons. The lowest BCUT2D eigenvalue weighted by molar-refractivity contribution is 0.459. The molecule has 0 aliphatic rings. The van der Waals surface area contributed by atoms with Crippen molar-refractivity contribution >= 4 is 0 Å². The van der Waals surface area contributed by atoms with Crippen LogP contribution in [-0.4, -0.2) is 11.0 Å². The smallest absolute Gasteiger partial charge is 0.219 e. The molecule has 0 atom stereocenters. The molecule has 20 heavy (non-hydrogen) atoms. The van der Waals surface area contributed by atoms with E-state index in [0.717, 1.165) is 12.1 Å². The minimum atomic E-state index is -0.236.